The summed E-state index contributed by atoms with van der Waals surface area (Å²) < 4.78 is 58.9. The molecule has 4 saturated carbocycles. The van der Waals surface area contributed by atoms with Crippen LogP contribution in [0.15, 0.2) is 11.6 Å². The molecule has 30 heteroatoms. The molecule has 4 saturated heterocycles. The maximum absolute atomic E-state index is 15.3. The Morgan fingerprint density at radius 2 is 1.19 bits per heavy atom. The van der Waals surface area contributed by atoms with Gasteiger partial charge in [0.25, 0.3) is 0 Å². The summed E-state index contributed by atoms with van der Waals surface area (Å²) in [6, 6.07) is 0. The summed E-state index contributed by atoms with van der Waals surface area (Å²) in [6.07, 6.45) is -33.0. The summed E-state index contributed by atoms with van der Waals surface area (Å²) in [5, 5.41) is 163. The summed E-state index contributed by atoms with van der Waals surface area (Å²) in [7, 11) is 0. The van der Waals surface area contributed by atoms with Crippen molar-refractivity contribution in [3.8, 4) is 0 Å². The van der Waals surface area contributed by atoms with E-state index in [0.29, 0.717) is 51.4 Å². The molecule has 5 unspecified atom stereocenters. The van der Waals surface area contributed by atoms with Crippen LogP contribution < -0.4 is 0 Å². The normalized spacial score (nSPS) is 46.1. The van der Waals surface area contributed by atoms with E-state index in [0.717, 1.165) is 11.9 Å². The molecule has 0 bridgehead atoms. The van der Waals surface area contributed by atoms with Gasteiger partial charge in [0.1, 0.15) is 91.1 Å². The van der Waals surface area contributed by atoms with E-state index in [9.17, 15) is 95.8 Å². The number of allylic oxidation sites excluding steroid dienone is 2. The summed E-state index contributed by atoms with van der Waals surface area (Å²) in [6.45, 7) is 19.8. The average molecular weight is 1450 g/mol. The van der Waals surface area contributed by atoms with Crippen molar-refractivity contribution in [3.63, 3.8) is 0 Å². The van der Waals surface area contributed by atoms with E-state index in [2.05, 4.69) is 40.7 Å². The van der Waals surface area contributed by atoms with E-state index in [1.807, 2.05) is 20.8 Å². The third-order valence-corrected chi connectivity index (χ3v) is 25.9. The zero-order valence-corrected chi connectivity index (χ0v) is 59.8. The number of aliphatic hydroxyl groups excluding tert-OH is 14. The number of aliphatic carboxylic acids is 1. The molecule has 5 aliphatic carbocycles. The molecule has 0 spiro atoms. The summed E-state index contributed by atoms with van der Waals surface area (Å²) in [4.78, 5) is 68.6. The van der Waals surface area contributed by atoms with Crippen LogP contribution in [0.5, 0.6) is 0 Å². The van der Waals surface area contributed by atoms with Crippen molar-refractivity contribution in [2.45, 2.75) is 326 Å². The minimum absolute atomic E-state index is 0.0823. The highest BCUT2D eigenvalue weighted by Crippen LogP contribution is 2.76. The van der Waals surface area contributed by atoms with Gasteiger partial charge in [0, 0.05) is 12.8 Å². The van der Waals surface area contributed by atoms with Crippen molar-refractivity contribution in [1.29, 1.82) is 0 Å². The maximum Gasteiger partial charge on any atom is 0.335 e. The second-order valence-corrected chi connectivity index (χ2v) is 32.6. The van der Waals surface area contributed by atoms with Crippen molar-refractivity contribution < 1.29 is 148 Å². The Balaban J connectivity index is 0.848. The molecule has 0 amide bonds. The number of hydrogen-bond donors (Lipinski definition) is 15. The standard InChI is InChI=1S/C71H114O30/c1-12-31(3)38(93-46(78)24-35(76)23-39(32(4)13-2)94-62-54(86)49(81)41(29-73)95-62)22-34(75)25-47(79)98-57-33(5)92-61(56(88)53(57)85)101-65(91)71-21-20-66(6,7)26-37(71)36-14-15-43-67(8)18-17-45(68(9,30-74)42(67)16-19-69(43,10)70(36,11)27-44(71)77)97-64-59(52(84)51(83)58(99-64)60(89)90)100-63-55(87)50(82)48(80)40(28-72)96-63/h14,30-35,37-45,48-59,61-64,72-73,75-77,80-88H,12-13,15-29H2,1-11H3,(H,89,90)/t31-,32-,33-,34-,35-,37-,38?,39?,40+,41-,42?,43?,44+,45-,48-,49-,50-,51-,52-,53-,54+,55+,56-,57+,58-,59+,61+,62+,63-,64?,67-,68-,69+,70+,71+/m0/s1. The van der Waals surface area contributed by atoms with Crippen LogP contribution in [0, 0.1) is 62.1 Å². The summed E-state index contributed by atoms with van der Waals surface area (Å²) in [5.41, 5.74) is -4.16. The van der Waals surface area contributed by atoms with E-state index < -0.39 is 242 Å². The third kappa shape index (κ3) is 15.4. The number of aldehydes is 1. The number of hydrogen-bond acceptors (Lipinski definition) is 29. The van der Waals surface area contributed by atoms with Crippen LogP contribution in [0.4, 0.5) is 0 Å². The molecule has 35 atom stereocenters. The lowest BCUT2D eigenvalue weighted by atomic mass is 9.33. The van der Waals surface area contributed by atoms with Crippen LogP contribution in [-0.2, 0) is 71.3 Å². The molecule has 0 radical (unpaired) electrons. The van der Waals surface area contributed by atoms with Gasteiger partial charge in [0.05, 0.1) is 68.1 Å². The second-order valence-electron chi connectivity index (χ2n) is 32.6. The quantitative estimate of drug-likeness (QED) is 0.0179. The van der Waals surface area contributed by atoms with E-state index in [1.54, 1.807) is 13.8 Å². The first kappa shape index (κ1) is 81.5. The van der Waals surface area contributed by atoms with Crippen LogP contribution in [-0.4, -0.2) is 273 Å². The number of carbonyl (C=O) groups is 5. The maximum atomic E-state index is 15.3. The number of carbonyl (C=O) groups excluding carboxylic acids is 4. The number of carboxylic acid groups (broad SMARTS) is 1. The fourth-order valence-electron chi connectivity index (χ4n) is 19.1. The first-order chi connectivity index (χ1) is 47.3. The summed E-state index contributed by atoms with van der Waals surface area (Å²) in [5.74, 6) is -5.95. The first-order valence-electron chi connectivity index (χ1n) is 36.2. The minimum atomic E-state index is -2.10. The van der Waals surface area contributed by atoms with Crippen LogP contribution in [0.1, 0.15) is 172 Å². The van der Waals surface area contributed by atoms with E-state index >= 15 is 4.79 Å². The number of fused-ring (bicyclic) bond motifs is 7. The lowest BCUT2D eigenvalue weighted by Crippen LogP contribution is -2.69. The number of rotatable bonds is 26. The third-order valence-electron chi connectivity index (χ3n) is 25.9. The van der Waals surface area contributed by atoms with E-state index in [-0.39, 0.29) is 55.3 Å². The van der Waals surface area contributed by atoms with E-state index in [1.165, 1.54) is 6.92 Å². The molecule has 8 fully saturated rings. The molecule has 0 aromatic rings. The van der Waals surface area contributed by atoms with Crippen LogP contribution in [0.2, 0.25) is 0 Å². The number of esters is 3. The van der Waals surface area contributed by atoms with Crippen LogP contribution >= 0.6 is 0 Å². The molecule has 9 rings (SSSR count). The lowest BCUT2D eigenvalue weighted by molar-refractivity contribution is -0.373. The SMILES string of the molecule is CC[C@H](C)C(C[C@H](O)CC(=O)O[C@H]1[C@@H](O)[C@H](O)[C@@H](OC(=O)[C@]23CCC(C)(C)C[C@H]2C2=CCC4[C@@]5(C)CC[C@H](OC6O[C@H](C(=O)O)[C@@H](O)[C@H](O)[C@H]6O[C@@H]6O[C@H](CO)[C@H](O)[C@H](O)[C@H]6O)[C@@](C)(C=O)C5CC[C@@]4(C)[C@]2(C)C[C@H]3O)O[C@H]1C)OC(=O)C[C@@H](O)CC(O[C@@H]1O[C@@H](CO)[C@H](O)[C@H]1O)[C@@H](C)CC. The summed E-state index contributed by atoms with van der Waals surface area (Å²) >= 11 is 0. The zero-order chi connectivity index (χ0) is 74.7. The Morgan fingerprint density at radius 3 is 1.80 bits per heavy atom. The van der Waals surface area contributed by atoms with Gasteiger partial charge in [-0.25, -0.2) is 4.79 Å². The Bertz CT molecular complexity index is 2900. The fraction of sp³-hybridized carbons (Fsp3) is 0.901. The number of carboxylic acids is 1. The molecule has 0 aromatic carbocycles. The molecule has 578 valence electrons. The van der Waals surface area contributed by atoms with Crippen LogP contribution in [0.25, 0.3) is 0 Å². The molecule has 0 aromatic heterocycles. The predicted octanol–water partition coefficient (Wildman–Crippen LogP) is 0.0715. The van der Waals surface area contributed by atoms with Crippen molar-refractivity contribution in [2.75, 3.05) is 13.2 Å². The predicted molar refractivity (Wildman–Crippen MR) is 347 cm³/mol. The average Bonchev–Trinajstić information content (AvgIpc) is 1.39. The highest BCUT2D eigenvalue weighted by atomic mass is 16.8. The van der Waals surface area contributed by atoms with Crippen molar-refractivity contribution in [2.24, 2.45) is 62.1 Å². The van der Waals surface area contributed by atoms with Gasteiger partial charge in [0.15, 0.2) is 31.1 Å². The van der Waals surface area contributed by atoms with Gasteiger partial charge < -0.3 is 129 Å². The highest BCUT2D eigenvalue weighted by molar-refractivity contribution is 5.80. The highest BCUT2D eigenvalue weighted by Gasteiger charge is 2.73. The van der Waals surface area contributed by atoms with Gasteiger partial charge in [-0.15, -0.1) is 0 Å². The zero-order valence-electron chi connectivity index (χ0n) is 59.8. The molecule has 15 N–H and O–H groups in total. The van der Waals surface area contributed by atoms with Gasteiger partial charge in [-0.1, -0.05) is 93.7 Å². The molecule has 9 aliphatic rings. The Hall–Kier alpha value is -3.55. The molecular weight excluding hydrogens is 1330 g/mol. The van der Waals surface area contributed by atoms with Gasteiger partial charge in [0.2, 0.25) is 6.29 Å². The van der Waals surface area contributed by atoms with Crippen molar-refractivity contribution in [3.05, 3.63) is 11.6 Å². The topological polar surface area (TPSA) is 481 Å². The largest absolute Gasteiger partial charge is 0.479 e. The second kappa shape index (κ2) is 31.7. The Morgan fingerprint density at radius 1 is 0.614 bits per heavy atom. The van der Waals surface area contributed by atoms with Crippen LogP contribution in [0.3, 0.4) is 0 Å². The van der Waals surface area contributed by atoms with E-state index in [4.69, 9.17) is 47.4 Å². The number of aliphatic hydroxyl groups is 14. The molecule has 30 nitrogen and oxygen atoms in total. The van der Waals surface area contributed by atoms with Gasteiger partial charge in [-0.2, -0.15) is 0 Å². The van der Waals surface area contributed by atoms with Gasteiger partial charge >= 0.3 is 23.9 Å². The Kier molecular flexibility index (Phi) is 25.6. The van der Waals surface area contributed by atoms with Gasteiger partial charge in [-0.05, 0) is 116 Å². The van der Waals surface area contributed by atoms with Crippen molar-refractivity contribution in [1.82, 2.24) is 0 Å². The molecule has 4 heterocycles. The lowest BCUT2D eigenvalue weighted by Gasteiger charge is -2.71. The smallest absolute Gasteiger partial charge is 0.335 e. The Labute approximate surface area is 588 Å². The molecular formula is C71H114O30. The minimum Gasteiger partial charge on any atom is -0.479 e. The van der Waals surface area contributed by atoms with Crippen molar-refractivity contribution >= 4 is 30.2 Å². The number of ether oxygens (including phenoxy) is 10. The molecule has 4 aliphatic heterocycles. The molecule has 101 heavy (non-hydrogen) atoms. The first-order valence-corrected chi connectivity index (χ1v) is 36.2. The van der Waals surface area contributed by atoms with Gasteiger partial charge in [-0.3, -0.25) is 14.4 Å². The fourth-order valence-corrected chi connectivity index (χ4v) is 19.1. The monoisotopic (exact) mass is 1450 g/mol.